The van der Waals surface area contributed by atoms with Gasteiger partial charge in [-0.05, 0) is 95.6 Å². The summed E-state index contributed by atoms with van der Waals surface area (Å²) in [6.07, 6.45) is 0. The maximum atomic E-state index is 9.88. The highest BCUT2D eigenvalue weighted by Gasteiger charge is 2.28. The molecule has 0 saturated heterocycles. The quantitative estimate of drug-likeness (QED) is 0.158. The van der Waals surface area contributed by atoms with Gasteiger partial charge < -0.3 is 18.0 Å². The molecule has 78 heavy (non-hydrogen) atoms. The molecule has 8 nitrogen and oxygen atoms in total. The summed E-state index contributed by atoms with van der Waals surface area (Å²) in [7, 11) is 0. The number of fused-ring (bicyclic) bond motifs is 14. The predicted octanol–water partition coefficient (Wildman–Crippen LogP) is 18.1. The average molecular weight is 997 g/mol. The first kappa shape index (κ1) is 43.5. The summed E-state index contributed by atoms with van der Waals surface area (Å²) in [4.78, 5) is 16.3. The molecule has 16 aromatic rings. The first-order valence-corrected chi connectivity index (χ1v) is 26.0. The van der Waals surface area contributed by atoms with Crippen molar-refractivity contribution in [2.75, 3.05) is 0 Å². The Morgan fingerprint density at radius 1 is 0.333 bits per heavy atom. The standard InChI is InChI=1S/C70H40N6O2/c71-41-42-30-32-43(33-31-42)46-34-37-57(75-55-25-11-7-22-52(55)63-59(75)38-35-50-47-20-9-13-28-61(47)77-66(50)63)54(40-46)49-24-15-27-58(65(49)70-73-68(44-16-3-1-4-17-44)72-69(74-70)45-18-5-2-6-19-45)76-56-26-12-8-23-53(56)64-60(76)39-36-51-48-21-10-14-29-62(48)78-67(51)64/h1-40H. The second-order valence-electron chi connectivity index (χ2n) is 19.7. The van der Waals surface area contributed by atoms with Gasteiger partial charge in [0.25, 0.3) is 0 Å². The molecule has 11 aromatic carbocycles. The van der Waals surface area contributed by atoms with Crippen molar-refractivity contribution in [1.82, 2.24) is 24.1 Å². The van der Waals surface area contributed by atoms with E-state index < -0.39 is 0 Å². The molecule has 5 heterocycles. The Hall–Kier alpha value is -10.9. The lowest BCUT2D eigenvalue weighted by atomic mass is 9.92. The zero-order valence-corrected chi connectivity index (χ0v) is 41.6. The first-order valence-electron chi connectivity index (χ1n) is 26.0. The van der Waals surface area contributed by atoms with Crippen molar-refractivity contribution in [3.63, 3.8) is 0 Å². The highest BCUT2D eigenvalue weighted by molar-refractivity contribution is 6.25. The van der Waals surface area contributed by atoms with Crippen LogP contribution in [-0.4, -0.2) is 24.1 Å². The van der Waals surface area contributed by atoms with Gasteiger partial charge in [-0.15, -0.1) is 0 Å². The van der Waals surface area contributed by atoms with E-state index in [2.05, 4.69) is 149 Å². The first-order chi connectivity index (χ1) is 38.6. The number of benzene rings is 11. The number of para-hydroxylation sites is 4. The van der Waals surface area contributed by atoms with Crippen LogP contribution >= 0.6 is 0 Å². The number of hydrogen-bond donors (Lipinski definition) is 0. The summed E-state index contributed by atoms with van der Waals surface area (Å²) in [5.74, 6) is 1.61. The molecule has 0 spiro atoms. The van der Waals surface area contributed by atoms with Gasteiger partial charge in [0.05, 0.1) is 61.4 Å². The van der Waals surface area contributed by atoms with Crippen LogP contribution in [0.2, 0.25) is 0 Å². The monoisotopic (exact) mass is 996 g/mol. The molecule has 362 valence electrons. The summed E-state index contributed by atoms with van der Waals surface area (Å²) in [6.45, 7) is 0. The van der Waals surface area contributed by atoms with Gasteiger partial charge in [0, 0.05) is 49.0 Å². The summed E-state index contributed by atoms with van der Waals surface area (Å²) < 4.78 is 18.4. The molecule has 0 amide bonds. The second-order valence-corrected chi connectivity index (χ2v) is 19.7. The molecule has 0 aliphatic heterocycles. The SMILES string of the molecule is N#Cc1ccc(-c2ccc(-n3c4ccccc4c4c5oc6ccccc6c5ccc43)c(-c3cccc(-n4c5ccccc5c5c6oc7ccccc7c6ccc54)c3-c3nc(-c4ccccc4)nc(-c4ccccc4)n3)c2)cc1. The lowest BCUT2D eigenvalue weighted by Gasteiger charge is -2.21. The Balaban J connectivity index is 1.06. The molecule has 0 bridgehead atoms. The Labute approximate surface area is 445 Å². The van der Waals surface area contributed by atoms with Crippen LogP contribution in [0.5, 0.6) is 0 Å². The molecule has 0 radical (unpaired) electrons. The maximum Gasteiger partial charge on any atom is 0.166 e. The minimum absolute atomic E-state index is 0.505. The Kier molecular flexibility index (Phi) is 9.53. The summed E-state index contributed by atoms with van der Waals surface area (Å²) in [5, 5.41) is 18.3. The third-order valence-corrected chi connectivity index (χ3v) is 15.4. The fourth-order valence-corrected chi connectivity index (χ4v) is 12.0. The molecule has 5 aromatic heterocycles. The van der Waals surface area contributed by atoms with Crippen molar-refractivity contribution in [3.8, 4) is 73.9 Å². The maximum absolute atomic E-state index is 9.88. The van der Waals surface area contributed by atoms with E-state index in [0.717, 1.165) is 138 Å². The average Bonchev–Trinajstić information content (AvgIpc) is 4.37. The van der Waals surface area contributed by atoms with Gasteiger partial charge in [0.1, 0.15) is 22.3 Å². The van der Waals surface area contributed by atoms with Crippen LogP contribution in [0.1, 0.15) is 5.56 Å². The van der Waals surface area contributed by atoms with E-state index in [4.69, 9.17) is 23.8 Å². The topological polar surface area (TPSA) is 98.6 Å². The fraction of sp³-hybridized carbons (Fsp3) is 0. The molecule has 16 rings (SSSR count). The molecule has 0 atom stereocenters. The van der Waals surface area contributed by atoms with E-state index in [1.54, 1.807) is 0 Å². The van der Waals surface area contributed by atoms with Crippen molar-refractivity contribution in [2.45, 2.75) is 0 Å². The minimum atomic E-state index is 0.505. The van der Waals surface area contributed by atoms with Gasteiger partial charge in [-0.25, -0.2) is 15.0 Å². The van der Waals surface area contributed by atoms with Crippen molar-refractivity contribution >= 4 is 87.5 Å². The fourth-order valence-electron chi connectivity index (χ4n) is 12.0. The van der Waals surface area contributed by atoms with E-state index in [-0.39, 0.29) is 0 Å². The van der Waals surface area contributed by atoms with Crippen LogP contribution in [0.15, 0.2) is 251 Å². The number of nitriles is 1. The molecule has 0 aliphatic rings. The third-order valence-electron chi connectivity index (χ3n) is 15.4. The van der Waals surface area contributed by atoms with Crippen LogP contribution < -0.4 is 0 Å². The normalized spacial score (nSPS) is 11.8. The number of aromatic nitrogens is 5. The van der Waals surface area contributed by atoms with Gasteiger partial charge in [0.2, 0.25) is 0 Å². The zero-order valence-electron chi connectivity index (χ0n) is 41.6. The van der Waals surface area contributed by atoms with E-state index in [1.807, 2.05) is 109 Å². The third kappa shape index (κ3) is 6.55. The van der Waals surface area contributed by atoms with Gasteiger partial charge in [-0.3, -0.25) is 0 Å². The Bertz CT molecular complexity index is 5100. The van der Waals surface area contributed by atoms with E-state index >= 15 is 0 Å². The molecule has 0 saturated carbocycles. The molecular weight excluding hydrogens is 957 g/mol. The summed E-state index contributed by atoms with van der Waals surface area (Å²) in [5.41, 5.74) is 16.1. The largest absolute Gasteiger partial charge is 0.455 e. The van der Waals surface area contributed by atoms with Gasteiger partial charge >= 0.3 is 0 Å². The van der Waals surface area contributed by atoms with Crippen molar-refractivity contribution in [2.24, 2.45) is 0 Å². The van der Waals surface area contributed by atoms with E-state index in [1.165, 1.54) is 0 Å². The Morgan fingerprint density at radius 3 is 1.38 bits per heavy atom. The number of nitrogens with zero attached hydrogens (tertiary/aromatic N) is 6. The zero-order chi connectivity index (χ0) is 51.4. The highest BCUT2D eigenvalue weighted by Crippen LogP contribution is 2.48. The molecule has 8 heteroatoms. The lowest BCUT2D eigenvalue weighted by Crippen LogP contribution is -2.06. The van der Waals surface area contributed by atoms with Crippen LogP contribution in [0.3, 0.4) is 0 Å². The van der Waals surface area contributed by atoms with Crippen molar-refractivity contribution in [1.29, 1.82) is 5.26 Å². The molecule has 0 fully saturated rings. The van der Waals surface area contributed by atoms with E-state index in [9.17, 15) is 5.26 Å². The van der Waals surface area contributed by atoms with Crippen molar-refractivity contribution < 1.29 is 8.83 Å². The Morgan fingerprint density at radius 2 is 0.821 bits per heavy atom. The smallest absolute Gasteiger partial charge is 0.166 e. The lowest BCUT2D eigenvalue weighted by molar-refractivity contribution is 0.672. The molecular formula is C70H40N6O2. The second kappa shape index (κ2) is 17.1. The number of rotatable bonds is 7. The number of furan rings is 2. The molecule has 0 aliphatic carbocycles. The van der Waals surface area contributed by atoms with Gasteiger partial charge in [-0.2, -0.15) is 5.26 Å². The van der Waals surface area contributed by atoms with Crippen LogP contribution in [-0.2, 0) is 0 Å². The summed E-state index contributed by atoms with van der Waals surface area (Å²) in [6, 6.07) is 86.1. The van der Waals surface area contributed by atoms with Crippen LogP contribution in [0.4, 0.5) is 0 Å². The van der Waals surface area contributed by atoms with E-state index in [0.29, 0.717) is 23.0 Å². The van der Waals surface area contributed by atoms with Crippen LogP contribution in [0.25, 0.3) is 155 Å². The highest BCUT2D eigenvalue weighted by atomic mass is 16.3. The minimum Gasteiger partial charge on any atom is -0.455 e. The van der Waals surface area contributed by atoms with Gasteiger partial charge in [-0.1, -0.05) is 164 Å². The predicted molar refractivity (Wildman–Crippen MR) is 315 cm³/mol. The van der Waals surface area contributed by atoms with Crippen molar-refractivity contribution in [3.05, 3.63) is 248 Å². The molecule has 0 N–H and O–H groups in total. The summed E-state index contributed by atoms with van der Waals surface area (Å²) >= 11 is 0. The van der Waals surface area contributed by atoms with Crippen LogP contribution in [0, 0.1) is 11.3 Å². The van der Waals surface area contributed by atoms with Gasteiger partial charge in [0.15, 0.2) is 17.5 Å². The molecule has 0 unspecified atom stereocenters. The number of hydrogen-bond acceptors (Lipinski definition) is 6.